The maximum absolute atomic E-state index is 2.69. The van der Waals surface area contributed by atoms with Crippen LogP contribution in [0.1, 0.15) is 52.4 Å². The molecule has 2 unspecified atom stereocenters. The van der Waals surface area contributed by atoms with Gasteiger partial charge >= 0.3 is 0 Å². The van der Waals surface area contributed by atoms with E-state index >= 15 is 0 Å². The van der Waals surface area contributed by atoms with Crippen molar-refractivity contribution >= 4 is 21.6 Å². The Balaban J connectivity index is 1.53. The van der Waals surface area contributed by atoms with Gasteiger partial charge in [0.1, 0.15) is 0 Å². The Morgan fingerprint density at radius 2 is 1.00 bits per heavy atom. The molecular weight excluding hydrogens is 284 g/mol. The molecule has 2 rings (SSSR count). The van der Waals surface area contributed by atoms with Crippen molar-refractivity contribution < 1.29 is 0 Å². The van der Waals surface area contributed by atoms with Crippen molar-refractivity contribution in [2.75, 3.05) is 37.7 Å². The lowest BCUT2D eigenvalue weighted by molar-refractivity contribution is 0.187. The van der Waals surface area contributed by atoms with Gasteiger partial charge in [-0.25, -0.2) is 0 Å². The zero-order valence-corrected chi connectivity index (χ0v) is 15.0. The second-order valence-electron chi connectivity index (χ2n) is 6.46. The third-order valence-electron chi connectivity index (χ3n) is 4.73. The molecule has 0 aliphatic carbocycles. The molecule has 2 nitrogen and oxygen atoms in total. The van der Waals surface area contributed by atoms with Crippen LogP contribution in [0.25, 0.3) is 0 Å². The molecule has 0 radical (unpaired) electrons. The van der Waals surface area contributed by atoms with Crippen molar-refractivity contribution in [1.29, 1.82) is 0 Å². The van der Waals surface area contributed by atoms with Gasteiger partial charge in [-0.05, 0) is 65.7 Å². The Morgan fingerprint density at radius 3 is 1.35 bits per heavy atom. The van der Waals surface area contributed by atoms with Crippen LogP contribution >= 0.6 is 21.6 Å². The monoisotopic (exact) mass is 316 g/mol. The molecule has 0 saturated carbocycles. The molecule has 0 bridgehead atoms. The smallest absolute Gasteiger partial charge is 0.0191 e. The molecular formula is C16H32N2S2. The Hall–Kier alpha value is 0.620. The molecule has 2 atom stereocenters. The third kappa shape index (κ3) is 5.78. The Bertz CT molecular complexity index is 225. The number of hydrogen-bond acceptors (Lipinski definition) is 4. The predicted molar refractivity (Wildman–Crippen MR) is 94.7 cm³/mol. The van der Waals surface area contributed by atoms with Crippen molar-refractivity contribution in [2.45, 2.75) is 64.5 Å². The zero-order chi connectivity index (χ0) is 14.2. The van der Waals surface area contributed by atoms with Crippen LogP contribution in [0, 0.1) is 0 Å². The number of hydrogen-bond donors (Lipinski definition) is 0. The van der Waals surface area contributed by atoms with E-state index in [9.17, 15) is 0 Å². The molecule has 0 amide bonds. The van der Waals surface area contributed by atoms with Gasteiger partial charge in [-0.3, -0.25) is 9.80 Å². The van der Waals surface area contributed by atoms with Gasteiger partial charge in [-0.2, -0.15) is 0 Å². The fourth-order valence-electron chi connectivity index (χ4n) is 3.22. The number of piperidine rings is 2. The van der Waals surface area contributed by atoms with Gasteiger partial charge in [-0.1, -0.05) is 34.4 Å². The predicted octanol–water partition coefficient (Wildman–Crippen LogP) is 4.12. The summed E-state index contributed by atoms with van der Waals surface area (Å²) in [5, 5.41) is 0. The van der Waals surface area contributed by atoms with E-state index in [4.69, 9.17) is 0 Å². The van der Waals surface area contributed by atoms with E-state index in [2.05, 4.69) is 45.2 Å². The SMILES string of the molecule is CC(CSSCC(C)N1CCCCC1)N1CCCCC1. The average molecular weight is 317 g/mol. The topological polar surface area (TPSA) is 6.48 Å². The van der Waals surface area contributed by atoms with Crippen molar-refractivity contribution in [1.82, 2.24) is 9.80 Å². The first-order valence-electron chi connectivity index (χ1n) is 8.50. The van der Waals surface area contributed by atoms with E-state index in [1.54, 1.807) is 0 Å². The van der Waals surface area contributed by atoms with Crippen molar-refractivity contribution in [3.63, 3.8) is 0 Å². The first kappa shape index (κ1) is 17.0. The van der Waals surface area contributed by atoms with E-state index in [1.807, 2.05) is 0 Å². The lowest BCUT2D eigenvalue weighted by Gasteiger charge is -2.33. The Kier molecular flexibility index (Phi) is 8.15. The molecule has 0 N–H and O–H groups in total. The molecule has 0 aromatic rings. The second kappa shape index (κ2) is 9.60. The fraction of sp³-hybridized carbons (Fsp3) is 1.00. The first-order chi connectivity index (χ1) is 9.77. The van der Waals surface area contributed by atoms with Crippen LogP contribution < -0.4 is 0 Å². The summed E-state index contributed by atoms with van der Waals surface area (Å²) >= 11 is 0. The van der Waals surface area contributed by atoms with Gasteiger partial charge in [0.25, 0.3) is 0 Å². The summed E-state index contributed by atoms with van der Waals surface area (Å²) < 4.78 is 0. The van der Waals surface area contributed by atoms with Crippen molar-refractivity contribution in [3.8, 4) is 0 Å². The van der Waals surface area contributed by atoms with Crippen LogP contribution in [0.5, 0.6) is 0 Å². The minimum Gasteiger partial charge on any atom is -0.300 e. The van der Waals surface area contributed by atoms with Crippen LogP contribution in [0.15, 0.2) is 0 Å². The first-order valence-corrected chi connectivity index (χ1v) is 11.0. The Morgan fingerprint density at radius 1 is 0.650 bits per heavy atom. The lowest BCUT2D eigenvalue weighted by Crippen LogP contribution is -2.39. The molecule has 0 aromatic carbocycles. The van der Waals surface area contributed by atoms with Gasteiger partial charge < -0.3 is 0 Å². The summed E-state index contributed by atoms with van der Waals surface area (Å²) in [6.07, 6.45) is 8.53. The van der Waals surface area contributed by atoms with E-state index in [0.717, 1.165) is 12.1 Å². The molecule has 0 spiro atoms. The van der Waals surface area contributed by atoms with E-state index < -0.39 is 0 Å². The summed E-state index contributed by atoms with van der Waals surface area (Å²) in [5.41, 5.74) is 0. The number of likely N-dealkylation sites (tertiary alicyclic amines) is 2. The third-order valence-corrected chi connectivity index (χ3v) is 7.45. The van der Waals surface area contributed by atoms with Gasteiger partial charge in [0, 0.05) is 23.6 Å². The van der Waals surface area contributed by atoms with Gasteiger partial charge in [0.2, 0.25) is 0 Å². The van der Waals surface area contributed by atoms with Crippen LogP contribution in [-0.4, -0.2) is 59.6 Å². The van der Waals surface area contributed by atoms with Crippen molar-refractivity contribution in [3.05, 3.63) is 0 Å². The number of nitrogens with zero attached hydrogens (tertiary/aromatic N) is 2. The zero-order valence-electron chi connectivity index (χ0n) is 13.4. The molecule has 2 aliphatic rings. The Labute approximate surface area is 133 Å². The molecule has 2 aliphatic heterocycles. The van der Waals surface area contributed by atoms with Crippen LogP contribution in [0.2, 0.25) is 0 Å². The molecule has 2 fully saturated rings. The quantitative estimate of drug-likeness (QED) is 0.515. The maximum Gasteiger partial charge on any atom is 0.0191 e. The normalized spacial score (nSPS) is 25.5. The minimum atomic E-state index is 0.762. The second-order valence-corrected chi connectivity index (χ2v) is 9.01. The highest BCUT2D eigenvalue weighted by molar-refractivity contribution is 8.76. The maximum atomic E-state index is 2.69. The summed E-state index contributed by atoms with van der Waals surface area (Å²) in [7, 11) is 4.19. The summed E-state index contributed by atoms with van der Waals surface area (Å²) in [6.45, 7) is 10.1. The largest absolute Gasteiger partial charge is 0.300 e. The van der Waals surface area contributed by atoms with E-state index in [-0.39, 0.29) is 0 Å². The molecule has 2 saturated heterocycles. The van der Waals surface area contributed by atoms with Gasteiger partial charge in [-0.15, -0.1) is 0 Å². The molecule has 118 valence electrons. The molecule has 2 heterocycles. The molecule has 20 heavy (non-hydrogen) atoms. The van der Waals surface area contributed by atoms with Crippen LogP contribution in [-0.2, 0) is 0 Å². The molecule has 0 aromatic heterocycles. The van der Waals surface area contributed by atoms with Crippen LogP contribution in [0.4, 0.5) is 0 Å². The standard InChI is InChI=1S/C16H32N2S2/c1-15(17-9-5-3-6-10-17)13-19-20-14-16(2)18-11-7-4-8-12-18/h15-16H,3-14H2,1-2H3. The lowest BCUT2D eigenvalue weighted by atomic mass is 10.1. The van der Waals surface area contributed by atoms with E-state index in [0.29, 0.717) is 0 Å². The molecule has 4 heteroatoms. The van der Waals surface area contributed by atoms with E-state index in [1.165, 1.54) is 76.2 Å². The minimum absolute atomic E-state index is 0.762. The van der Waals surface area contributed by atoms with Crippen molar-refractivity contribution in [2.24, 2.45) is 0 Å². The summed E-state index contributed by atoms with van der Waals surface area (Å²) in [6, 6.07) is 1.52. The summed E-state index contributed by atoms with van der Waals surface area (Å²) in [5.74, 6) is 2.58. The van der Waals surface area contributed by atoms with Crippen LogP contribution in [0.3, 0.4) is 0 Å². The van der Waals surface area contributed by atoms with Gasteiger partial charge in [0.05, 0.1) is 0 Å². The highest BCUT2D eigenvalue weighted by atomic mass is 33.1. The highest BCUT2D eigenvalue weighted by Gasteiger charge is 2.18. The fourth-order valence-corrected chi connectivity index (χ4v) is 5.99. The van der Waals surface area contributed by atoms with Gasteiger partial charge in [0.15, 0.2) is 0 Å². The highest BCUT2D eigenvalue weighted by Crippen LogP contribution is 2.27. The number of rotatable bonds is 7. The average Bonchev–Trinajstić information content (AvgIpc) is 2.53. The summed E-state index contributed by atoms with van der Waals surface area (Å²) in [4.78, 5) is 5.37.